The number of nitrogens with one attached hydrogen (secondary N) is 1. The van der Waals surface area contributed by atoms with Gasteiger partial charge in [-0.15, -0.1) is 0 Å². The summed E-state index contributed by atoms with van der Waals surface area (Å²) in [5.74, 6) is 0.311. The van der Waals surface area contributed by atoms with Crippen LogP contribution in [-0.2, 0) is 9.53 Å². The summed E-state index contributed by atoms with van der Waals surface area (Å²) in [6.07, 6.45) is 1.75. The van der Waals surface area contributed by atoms with Crippen LogP contribution in [0.3, 0.4) is 0 Å². The number of rotatable bonds is 2. The maximum Gasteiger partial charge on any atom is 0.409 e. The van der Waals surface area contributed by atoms with Crippen LogP contribution >= 0.6 is 0 Å². The van der Waals surface area contributed by atoms with Gasteiger partial charge in [-0.1, -0.05) is 0 Å². The van der Waals surface area contributed by atoms with Crippen LogP contribution in [0, 0.1) is 5.92 Å². The third-order valence-corrected chi connectivity index (χ3v) is 4.20. The smallest absolute Gasteiger partial charge is 0.409 e. The topological polar surface area (TPSA) is 61.9 Å². The van der Waals surface area contributed by atoms with E-state index in [0.717, 1.165) is 19.4 Å². The van der Waals surface area contributed by atoms with E-state index in [0.29, 0.717) is 32.8 Å². The molecule has 20 heavy (non-hydrogen) atoms. The Morgan fingerprint density at radius 3 is 2.45 bits per heavy atom. The van der Waals surface area contributed by atoms with Gasteiger partial charge in [0.15, 0.2) is 0 Å². The van der Waals surface area contributed by atoms with Gasteiger partial charge in [0.05, 0.1) is 12.5 Å². The summed E-state index contributed by atoms with van der Waals surface area (Å²) in [6, 6.07) is 0.249. The van der Waals surface area contributed by atoms with E-state index in [1.165, 1.54) is 0 Å². The molecule has 0 aliphatic carbocycles. The van der Waals surface area contributed by atoms with Gasteiger partial charge in [0.1, 0.15) is 0 Å². The molecule has 2 saturated heterocycles. The van der Waals surface area contributed by atoms with E-state index in [2.05, 4.69) is 12.2 Å². The van der Waals surface area contributed by atoms with Gasteiger partial charge in [0.2, 0.25) is 5.91 Å². The van der Waals surface area contributed by atoms with Gasteiger partial charge in [-0.05, 0) is 33.2 Å². The van der Waals surface area contributed by atoms with Crippen molar-refractivity contribution in [2.24, 2.45) is 5.92 Å². The van der Waals surface area contributed by atoms with E-state index >= 15 is 0 Å². The van der Waals surface area contributed by atoms with Crippen LogP contribution < -0.4 is 5.32 Å². The first kappa shape index (κ1) is 15.1. The molecule has 2 aliphatic rings. The first-order valence-electron chi connectivity index (χ1n) is 7.57. The molecule has 0 spiro atoms. The minimum atomic E-state index is -0.271. The fraction of sp³-hybridized carbons (Fsp3) is 0.857. The molecule has 2 atom stereocenters. The number of amides is 2. The molecule has 114 valence electrons. The van der Waals surface area contributed by atoms with Gasteiger partial charge < -0.3 is 19.9 Å². The number of piperidine rings is 1. The lowest BCUT2D eigenvalue weighted by atomic mass is 9.90. The van der Waals surface area contributed by atoms with Gasteiger partial charge in [-0.25, -0.2) is 4.79 Å². The van der Waals surface area contributed by atoms with Gasteiger partial charge in [-0.3, -0.25) is 4.79 Å². The predicted octanol–water partition coefficient (Wildman–Crippen LogP) is 0.675. The lowest BCUT2D eigenvalue weighted by Gasteiger charge is -2.38. The number of carbonyl (C=O) groups is 2. The second-order valence-electron chi connectivity index (χ2n) is 5.50. The molecule has 6 nitrogen and oxygen atoms in total. The lowest BCUT2D eigenvalue weighted by Crippen LogP contribution is -2.55. The van der Waals surface area contributed by atoms with Crippen molar-refractivity contribution in [3.8, 4) is 0 Å². The molecule has 0 saturated carbocycles. The van der Waals surface area contributed by atoms with Crippen molar-refractivity contribution in [3.63, 3.8) is 0 Å². The average Bonchev–Trinajstić information content (AvgIpc) is 2.47. The number of ether oxygens (including phenoxy) is 1. The molecule has 0 aromatic heterocycles. The van der Waals surface area contributed by atoms with Crippen molar-refractivity contribution in [2.75, 3.05) is 39.3 Å². The molecular weight excluding hydrogens is 258 g/mol. The quantitative estimate of drug-likeness (QED) is 0.809. The summed E-state index contributed by atoms with van der Waals surface area (Å²) < 4.78 is 4.98. The Hall–Kier alpha value is -1.30. The Morgan fingerprint density at radius 1 is 1.20 bits per heavy atom. The van der Waals surface area contributed by atoms with Crippen LogP contribution in [0.1, 0.15) is 26.7 Å². The van der Waals surface area contributed by atoms with Gasteiger partial charge >= 0.3 is 6.09 Å². The van der Waals surface area contributed by atoms with E-state index in [9.17, 15) is 9.59 Å². The SMILES string of the molecule is CCOC(=O)N1CCN(C(=O)C2CCCNC2C)CC1. The highest BCUT2D eigenvalue weighted by atomic mass is 16.6. The zero-order valence-electron chi connectivity index (χ0n) is 12.4. The van der Waals surface area contributed by atoms with Crippen LogP contribution in [0.15, 0.2) is 0 Å². The standard InChI is InChI=1S/C14H25N3O3/c1-3-20-14(19)17-9-7-16(8-10-17)13(18)12-5-4-6-15-11(12)2/h11-12,15H,3-10H2,1-2H3. The van der Waals surface area contributed by atoms with Crippen molar-refractivity contribution in [2.45, 2.75) is 32.7 Å². The molecule has 0 aromatic rings. The fourth-order valence-electron chi connectivity index (χ4n) is 2.94. The van der Waals surface area contributed by atoms with E-state index in [1.54, 1.807) is 11.8 Å². The zero-order valence-corrected chi connectivity index (χ0v) is 12.4. The fourth-order valence-corrected chi connectivity index (χ4v) is 2.94. The molecule has 2 aliphatic heterocycles. The molecule has 1 N–H and O–H groups in total. The highest BCUT2D eigenvalue weighted by Crippen LogP contribution is 2.20. The summed E-state index contributed by atoms with van der Waals surface area (Å²) in [6.45, 7) is 7.64. The van der Waals surface area contributed by atoms with Crippen LogP contribution in [0.25, 0.3) is 0 Å². The summed E-state index contributed by atoms with van der Waals surface area (Å²) in [7, 11) is 0. The van der Waals surface area contributed by atoms with Crippen molar-refractivity contribution in [1.29, 1.82) is 0 Å². The molecule has 2 amide bonds. The molecule has 2 heterocycles. The van der Waals surface area contributed by atoms with Crippen molar-refractivity contribution >= 4 is 12.0 Å². The zero-order chi connectivity index (χ0) is 14.5. The predicted molar refractivity (Wildman–Crippen MR) is 75.4 cm³/mol. The normalized spacial score (nSPS) is 27.3. The van der Waals surface area contributed by atoms with Crippen LogP contribution in [0.4, 0.5) is 4.79 Å². The molecule has 0 aromatic carbocycles. The van der Waals surface area contributed by atoms with Crippen molar-refractivity contribution in [3.05, 3.63) is 0 Å². The average molecular weight is 283 g/mol. The number of nitrogens with zero attached hydrogens (tertiary/aromatic N) is 2. The maximum atomic E-state index is 12.5. The third-order valence-electron chi connectivity index (χ3n) is 4.20. The Bertz CT molecular complexity index is 354. The maximum absolute atomic E-state index is 12.5. The Kier molecular flexibility index (Phi) is 5.23. The Labute approximate surface area is 120 Å². The number of piperazine rings is 1. The van der Waals surface area contributed by atoms with Crippen molar-refractivity contribution < 1.29 is 14.3 Å². The minimum Gasteiger partial charge on any atom is -0.450 e. The Balaban J connectivity index is 1.83. The molecule has 0 bridgehead atoms. The molecule has 0 radical (unpaired) electrons. The number of hydrogen-bond donors (Lipinski definition) is 1. The first-order chi connectivity index (χ1) is 9.63. The third kappa shape index (κ3) is 3.42. The Morgan fingerprint density at radius 2 is 1.85 bits per heavy atom. The summed E-state index contributed by atoms with van der Waals surface area (Å²) in [5.41, 5.74) is 0. The largest absolute Gasteiger partial charge is 0.450 e. The molecule has 2 fully saturated rings. The van der Waals surface area contributed by atoms with Crippen LogP contribution in [0.5, 0.6) is 0 Å². The minimum absolute atomic E-state index is 0.0814. The molecule has 2 rings (SSSR count). The first-order valence-corrected chi connectivity index (χ1v) is 7.57. The second-order valence-corrected chi connectivity index (χ2v) is 5.50. The van der Waals surface area contributed by atoms with Crippen molar-refractivity contribution in [1.82, 2.24) is 15.1 Å². The van der Waals surface area contributed by atoms with Gasteiger partial charge in [0, 0.05) is 32.2 Å². The highest BCUT2D eigenvalue weighted by Gasteiger charge is 2.33. The van der Waals surface area contributed by atoms with E-state index < -0.39 is 0 Å². The summed E-state index contributed by atoms with van der Waals surface area (Å²) in [4.78, 5) is 27.7. The summed E-state index contributed by atoms with van der Waals surface area (Å²) in [5, 5.41) is 3.36. The van der Waals surface area contributed by atoms with Crippen LogP contribution in [-0.4, -0.2) is 67.2 Å². The highest BCUT2D eigenvalue weighted by molar-refractivity contribution is 5.80. The van der Waals surface area contributed by atoms with Crippen LogP contribution in [0.2, 0.25) is 0 Å². The van der Waals surface area contributed by atoms with E-state index in [1.807, 2.05) is 4.90 Å². The monoisotopic (exact) mass is 283 g/mol. The molecule has 2 unspecified atom stereocenters. The molecular formula is C14H25N3O3. The lowest BCUT2D eigenvalue weighted by molar-refractivity contribution is -0.138. The van der Waals surface area contributed by atoms with E-state index in [-0.39, 0.29) is 24.0 Å². The second kappa shape index (κ2) is 6.92. The molecule has 6 heteroatoms. The van der Waals surface area contributed by atoms with Gasteiger partial charge in [-0.2, -0.15) is 0 Å². The van der Waals surface area contributed by atoms with E-state index in [4.69, 9.17) is 4.74 Å². The van der Waals surface area contributed by atoms with Gasteiger partial charge in [0.25, 0.3) is 0 Å². The number of carbonyl (C=O) groups excluding carboxylic acids is 2. The summed E-state index contributed by atoms with van der Waals surface area (Å²) >= 11 is 0. The number of hydrogen-bond acceptors (Lipinski definition) is 4.